The Kier molecular flexibility index (Phi) is 2.93. The molecule has 4 nitrogen and oxygen atoms in total. The lowest BCUT2D eigenvalue weighted by atomic mass is 10.3. The van der Waals surface area contributed by atoms with Gasteiger partial charge in [0.2, 0.25) is 5.95 Å². The summed E-state index contributed by atoms with van der Waals surface area (Å²) in [6, 6.07) is 4.43. The van der Waals surface area contributed by atoms with E-state index < -0.39 is 0 Å². The lowest BCUT2D eigenvalue weighted by Crippen LogP contribution is -2.11. The number of rotatable bonds is 1. The molecule has 3 N–H and O–H groups in total. The van der Waals surface area contributed by atoms with Gasteiger partial charge >= 0.3 is 0 Å². The third-order valence-electron chi connectivity index (χ3n) is 1.97. The van der Waals surface area contributed by atoms with Crippen molar-refractivity contribution in [1.82, 2.24) is 9.55 Å². The van der Waals surface area contributed by atoms with Crippen molar-refractivity contribution >= 4 is 29.4 Å². The van der Waals surface area contributed by atoms with Crippen molar-refractivity contribution in [2.45, 2.75) is 0 Å². The number of halogens is 2. The standard InChI is InChI=1S/C8H9FN4.ClH/c1-13-7-3-2-5(9)4-6(7)11-8(13)12-10;/h2-4H,10H2,1H3,(H,11,12);1H. The van der Waals surface area contributed by atoms with Crippen LogP contribution in [0.5, 0.6) is 0 Å². The summed E-state index contributed by atoms with van der Waals surface area (Å²) >= 11 is 0. The Bertz CT molecular complexity index is 454. The quantitative estimate of drug-likeness (QED) is 0.560. The first-order chi connectivity index (χ1) is 6.22. The smallest absolute Gasteiger partial charge is 0.218 e. The molecule has 0 radical (unpaired) electrons. The molecule has 0 aliphatic heterocycles. The van der Waals surface area contributed by atoms with E-state index in [1.54, 1.807) is 10.6 Å². The topological polar surface area (TPSA) is 55.9 Å². The third kappa shape index (κ3) is 1.51. The Morgan fingerprint density at radius 1 is 1.50 bits per heavy atom. The second-order valence-electron chi connectivity index (χ2n) is 2.77. The maximum Gasteiger partial charge on any atom is 0.218 e. The summed E-state index contributed by atoms with van der Waals surface area (Å²) in [6.07, 6.45) is 0. The average Bonchev–Trinajstić information content (AvgIpc) is 2.42. The van der Waals surface area contributed by atoms with Crippen molar-refractivity contribution in [3.05, 3.63) is 24.0 Å². The van der Waals surface area contributed by atoms with Crippen LogP contribution in [0.25, 0.3) is 11.0 Å². The highest BCUT2D eigenvalue weighted by atomic mass is 35.5. The molecule has 0 spiro atoms. The first-order valence-corrected chi connectivity index (χ1v) is 3.81. The number of hydrazine groups is 1. The molecule has 0 atom stereocenters. The van der Waals surface area contributed by atoms with Crippen LogP contribution in [0, 0.1) is 5.82 Å². The van der Waals surface area contributed by atoms with Crippen molar-refractivity contribution in [1.29, 1.82) is 0 Å². The van der Waals surface area contributed by atoms with Gasteiger partial charge < -0.3 is 4.57 Å². The second-order valence-corrected chi connectivity index (χ2v) is 2.77. The number of hydrogen-bond acceptors (Lipinski definition) is 3. The largest absolute Gasteiger partial charge is 0.312 e. The number of nitrogens with two attached hydrogens (primary N) is 1. The summed E-state index contributed by atoms with van der Waals surface area (Å²) in [7, 11) is 1.81. The van der Waals surface area contributed by atoms with E-state index in [0.717, 1.165) is 5.52 Å². The van der Waals surface area contributed by atoms with E-state index >= 15 is 0 Å². The fourth-order valence-corrected chi connectivity index (χ4v) is 1.30. The van der Waals surface area contributed by atoms with E-state index in [-0.39, 0.29) is 18.2 Å². The van der Waals surface area contributed by atoms with Gasteiger partial charge in [-0.1, -0.05) is 0 Å². The van der Waals surface area contributed by atoms with Gasteiger partial charge in [0.05, 0.1) is 11.0 Å². The van der Waals surface area contributed by atoms with E-state index in [2.05, 4.69) is 10.4 Å². The minimum atomic E-state index is -0.297. The molecule has 1 aromatic heterocycles. The minimum absolute atomic E-state index is 0. The lowest BCUT2D eigenvalue weighted by Gasteiger charge is -1.98. The number of aryl methyl sites for hydroxylation is 1. The van der Waals surface area contributed by atoms with Gasteiger partial charge in [0.1, 0.15) is 5.82 Å². The molecule has 0 aliphatic rings. The van der Waals surface area contributed by atoms with Crippen molar-refractivity contribution in [2.75, 3.05) is 5.43 Å². The van der Waals surface area contributed by atoms with Gasteiger partial charge in [-0.25, -0.2) is 15.2 Å². The molecule has 0 fully saturated rings. The van der Waals surface area contributed by atoms with Gasteiger partial charge in [0, 0.05) is 13.1 Å². The Balaban J connectivity index is 0.000000980. The molecule has 1 heterocycles. The molecule has 0 aliphatic carbocycles. The number of benzene rings is 1. The lowest BCUT2D eigenvalue weighted by molar-refractivity contribution is 0.629. The van der Waals surface area contributed by atoms with Gasteiger partial charge in [-0.3, -0.25) is 5.43 Å². The minimum Gasteiger partial charge on any atom is -0.312 e. The molecular weight excluding hydrogens is 207 g/mol. The number of fused-ring (bicyclic) bond motifs is 1. The van der Waals surface area contributed by atoms with Crippen molar-refractivity contribution in [3.8, 4) is 0 Å². The summed E-state index contributed by atoms with van der Waals surface area (Å²) < 4.78 is 14.5. The maximum absolute atomic E-state index is 12.8. The van der Waals surface area contributed by atoms with Crippen LogP contribution in [0.3, 0.4) is 0 Å². The first kappa shape index (κ1) is 10.7. The summed E-state index contributed by atoms with van der Waals surface area (Å²) in [5.74, 6) is 5.44. The van der Waals surface area contributed by atoms with Crippen molar-refractivity contribution in [3.63, 3.8) is 0 Å². The zero-order chi connectivity index (χ0) is 9.42. The molecule has 0 amide bonds. The Morgan fingerprint density at radius 3 is 2.86 bits per heavy atom. The predicted octanol–water partition coefficient (Wildman–Crippen LogP) is 1.42. The van der Waals surface area contributed by atoms with Gasteiger partial charge in [-0.05, 0) is 12.1 Å². The van der Waals surface area contributed by atoms with Crippen LogP contribution in [0.2, 0.25) is 0 Å². The summed E-state index contributed by atoms with van der Waals surface area (Å²) in [6.45, 7) is 0. The molecule has 2 rings (SSSR count). The van der Waals surface area contributed by atoms with Crippen LogP contribution in [0.1, 0.15) is 0 Å². The normalized spacial score (nSPS) is 9.93. The molecule has 0 unspecified atom stereocenters. The number of nitrogen functional groups attached to an aromatic ring is 1. The monoisotopic (exact) mass is 216 g/mol. The molecule has 2 aromatic rings. The van der Waals surface area contributed by atoms with Crippen LogP contribution in [-0.4, -0.2) is 9.55 Å². The van der Waals surface area contributed by atoms with Crippen LogP contribution in [-0.2, 0) is 7.05 Å². The highest BCUT2D eigenvalue weighted by molar-refractivity contribution is 5.85. The molecule has 0 saturated carbocycles. The van der Waals surface area contributed by atoms with E-state index in [9.17, 15) is 4.39 Å². The fraction of sp³-hybridized carbons (Fsp3) is 0.125. The van der Waals surface area contributed by atoms with Crippen LogP contribution < -0.4 is 11.3 Å². The highest BCUT2D eigenvalue weighted by Gasteiger charge is 2.06. The van der Waals surface area contributed by atoms with Crippen LogP contribution in [0.15, 0.2) is 18.2 Å². The Labute approximate surface area is 86.3 Å². The number of hydrogen-bond donors (Lipinski definition) is 2. The van der Waals surface area contributed by atoms with Gasteiger partial charge in [0.25, 0.3) is 0 Å². The Morgan fingerprint density at radius 2 is 2.21 bits per heavy atom. The average molecular weight is 217 g/mol. The summed E-state index contributed by atoms with van der Waals surface area (Å²) in [4.78, 5) is 4.08. The first-order valence-electron chi connectivity index (χ1n) is 3.81. The zero-order valence-corrected chi connectivity index (χ0v) is 8.31. The zero-order valence-electron chi connectivity index (χ0n) is 7.49. The van der Waals surface area contributed by atoms with E-state index in [0.29, 0.717) is 11.5 Å². The van der Waals surface area contributed by atoms with Crippen molar-refractivity contribution in [2.24, 2.45) is 12.9 Å². The second kappa shape index (κ2) is 3.81. The van der Waals surface area contributed by atoms with Crippen LogP contribution in [0.4, 0.5) is 10.3 Å². The van der Waals surface area contributed by atoms with E-state index in [1.165, 1.54) is 12.1 Å². The fourth-order valence-electron chi connectivity index (χ4n) is 1.30. The number of anilines is 1. The number of imidazole rings is 1. The Hall–Kier alpha value is -1.33. The summed E-state index contributed by atoms with van der Waals surface area (Å²) in [5, 5.41) is 0. The SMILES string of the molecule is Cl.Cn1c(NN)nc2cc(F)ccc21. The molecule has 76 valence electrons. The molecular formula is C8H10ClFN4. The number of aromatic nitrogens is 2. The predicted molar refractivity (Wildman–Crippen MR) is 55.7 cm³/mol. The molecule has 1 aromatic carbocycles. The number of nitrogens with one attached hydrogen (secondary N) is 1. The highest BCUT2D eigenvalue weighted by Crippen LogP contribution is 2.17. The van der Waals surface area contributed by atoms with Crippen molar-refractivity contribution < 1.29 is 4.39 Å². The molecule has 6 heteroatoms. The summed E-state index contributed by atoms with van der Waals surface area (Å²) in [5.41, 5.74) is 3.87. The van der Waals surface area contributed by atoms with Crippen LogP contribution >= 0.6 is 12.4 Å². The van der Waals surface area contributed by atoms with Gasteiger partial charge in [-0.15, -0.1) is 12.4 Å². The third-order valence-corrected chi connectivity index (χ3v) is 1.97. The molecule has 14 heavy (non-hydrogen) atoms. The van der Waals surface area contributed by atoms with E-state index in [1.807, 2.05) is 7.05 Å². The van der Waals surface area contributed by atoms with Gasteiger partial charge in [-0.2, -0.15) is 0 Å². The number of nitrogens with zero attached hydrogens (tertiary/aromatic N) is 2. The maximum atomic E-state index is 12.8. The molecule has 0 saturated heterocycles. The van der Waals surface area contributed by atoms with Gasteiger partial charge in [0.15, 0.2) is 0 Å². The van der Waals surface area contributed by atoms with E-state index in [4.69, 9.17) is 5.84 Å². The molecule has 0 bridgehead atoms.